The van der Waals surface area contributed by atoms with Gasteiger partial charge in [0.2, 0.25) is 5.82 Å². The smallest absolute Gasteiger partial charge is 0.282 e. The number of aromatic nitrogens is 5. The van der Waals surface area contributed by atoms with Gasteiger partial charge in [-0.15, -0.1) is 16.4 Å². The van der Waals surface area contributed by atoms with E-state index in [9.17, 15) is 13.6 Å². The number of hydrogen-bond donors (Lipinski definition) is 0. The Hall–Kier alpha value is -4.62. The van der Waals surface area contributed by atoms with Gasteiger partial charge in [-0.25, -0.2) is 27.8 Å². The minimum Gasteiger partial charge on any atom is -0.490 e. The third kappa shape index (κ3) is 5.32. The van der Waals surface area contributed by atoms with Crippen molar-refractivity contribution in [3.05, 3.63) is 77.0 Å². The number of ether oxygens (including phenoxy) is 1. The van der Waals surface area contributed by atoms with Crippen LogP contribution < -0.4 is 4.74 Å². The second-order valence-corrected chi connectivity index (χ2v) is 12.7. The standard InChI is InChI=1S/C33H30F3N7O2S/c1-17(2)45-25-13-21(35)12-23(36)27(25)28-30(32-38-26-16-42(33(44)18(3)34)8-9-43(26)40-32)39-29(22-6-10-46-31(22)28)19-11-20-15-41(4)7-5-24(20)37-14-19/h6,10-14,17H,3,5,7-9,15-16H2,1-2,4H3. The van der Waals surface area contributed by atoms with E-state index >= 15 is 4.39 Å². The van der Waals surface area contributed by atoms with Crippen molar-refractivity contribution < 1.29 is 22.7 Å². The molecule has 7 rings (SSSR count). The first-order chi connectivity index (χ1) is 22.1. The molecule has 1 amide bonds. The maximum absolute atomic E-state index is 16.0. The van der Waals surface area contributed by atoms with Gasteiger partial charge in [0.15, 0.2) is 5.83 Å². The molecule has 0 atom stereocenters. The second kappa shape index (κ2) is 11.6. The lowest BCUT2D eigenvalue weighted by molar-refractivity contribution is -0.130. The molecule has 13 heteroatoms. The number of benzene rings is 1. The molecule has 4 aromatic heterocycles. The molecule has 5 aromatic rings. The van der Waals surface area contributed by atoms with Gasteiger partial charge in [-0.05, 0) is 44.0 Å². The molecular weight excluding hydrogens is 615 g/mol. The molecule has 0 N–H and O–H groups in total. The number of likely N-dealkylation sites (N-methyl/N-ethyl adjacent to an activating group) is 1. The summed E-state index contributed by atoms with van der Waals surface area (Å²) in [5.74, 6) is -2.84. The van der Waals surface area contributed by atoms with Gasteiger partial charge in [-0.3, -0.25) is 9.78 Å². The van der Waals surface area contributed by atoms with Crippen molar-refractivity contribution in [2.45, 2.75) is 46.0 Å². The average Bonchev–Trinajstić information content (AvgIpc) is 3.67. The lowest BCUT2D eigenvalue weighted by atomic mass is 9.96. The topological polar surface area (TPSA) is 89.3 Å². The number of halogens is 3. The Morgan fingerprint density at radius 2 is 1.89 bits per heavy atom. The van der Waals surface area contributed by atoms with E-state index in [1.165, 1.54) is 22.3 Å². The maximum atomic E-state index is 16.0. The minimum absolute atomic E-state index is 0.00703. The van der Waals surface area contributed by atoms with Crippen molar-refractivity contribution in [3.8, 4) is 39.7 Å². The summed E-state index contributed by atoms with van der Waals surface area (Å²) in [4.78, 5) is 30.5. The fourth-order valence-corrected chi connectivity index (χ4v) is 7.00. The van der Waals surface area contributed by atoms with Crippen LogP contribution in [0.25, 0.3) is 44.0 Å². The van der Waals surface area contributed by atoms with E-state index in [0.29, 0.717) is 21.8 Å². The molecule has 0 bridgehead atoms. The Bertz CT molecular complexity index is 2040. The van der Waals surface area contributed by atoms with Crippen molar-refractivity contribution in [2.24, 2.45) is 0 Å². The van der Waals surface area contributed by atoms with Crippen LogP contribution in [0.2, 0.25) is 0 Å². The molecule has 0 aliphatic carbocycles. The number of thiophene rings is 1. The van der Waals surface area contributed by atoms with Gasteiger partial charge in [0.25, 0.3) is 5.91 Å². The SMILES string of the molecule is C=C(F)C(=O)N1CCn2nc(-c3nc(-c4cnc5c(c4)CN(C)CC5)c4ccsc4c3-c3c(F)cc(F)cc3OC(C)C)nc2C1. The van der Waals surface area contributed by atoms with E-state index in [-0.39, 0.29) is 48.6 Å². The van der Waals surface area contributed by atoms with Crippen LogP contribution in [0.4, 0.5) is 13.2 Å². The Morgan fingerprint density at radius 3 is 2.67 bits per heavy atom. The van der Waals surface area contributed by atoms with E-state index in [1.54, 1.807) is 24.7 Å². The summed E-state index contributed by atoms with van der Waals surface area (Å²) in [6, 6.07) is 6.00. The molecule has 1 aromatic carbocycles. The second-order valence-electron chi connectivity index (χ2n) is 11.8. The molecule has 0 unspecified atom stereocenters. The van der Waals surface area contributed by atoms with Gasteiger partial charge < -0.3 is 14.5 Å². The molecular formula is C33H30F3N7O2S. The zero-order valence-corrected chi connectivity index (χ0v) is 26.3. The van der Waals surface area contributed by atoms with Crippen LogP contribution in [0.3, 0.4) is 0 Å². The highest BCUT2D eigenvalue weighted by Gasteiger charge is 2.30. The molecule has 0 spiro atoms. The summed E-state index contributed by atoms with van der Waals surface area (Å²) in [7, 11) is 2.07. The van der Waals surface area contributed by atoms with Crippen LogP contribution in [0, 0.1) is 11.6 Å². The fraction of sp³-hybridized carbons (Fsp3) is 0.303. The molecule has 0 saturated heterocycles. The normalized spacial score (nSPS) is 14.9. The number of pyridine rings is 2. The van der Waals surface area contributed by atoms with Crippen molar-refractivity contribution in [3.63, 3.8) is 0 Å². The highest BCUT2D eigenvalue weighted by Crippen LogP contribution is 2.47. The van der Waals surface area contributed by atoms with E-state index in [1.807, 2.05) is 11.4 Å². The Labute approximate surface area is 267 Å². The van der Waals surface area contributed by atoms with Crippen LogP contribution in [0.15, 0.2) is 48.2 Å². The highest BCUT2D eigenvalue weighted by molar-refractivity contribution is 7.18. The maximum Gasteiger partial charge on any atom is 0.282 e. The largest absolute Gasteiger partial charge is 0.490 e. The third-order valence-electron chi connectivity index (χ3n) is 8.14. The lowest BCUT2D eigenvalue weighted by Gasteiger charge is -2.25. The van der Waals surface area contributed by atoms with E-state index in [0.717, 1.165) is 47.8 Å². The molecule has 0 radical (unpaired) electrons. The van der Waals surface area contributed by atoms with E-state index in [2.05, 4.69) is 24.6 Å². The molecule has 236 valence electrons. The molecule has 0 saturated carbocycles. The van der Waals surface area contributed by atoms with Gasteiger partial charge in [0.05, 0.1) is 30.5 Å². The quantitative estimate of drug-likeness (QED) is 0.204. The van der Waals surface area contributed by atoms with Gasteiger partial charge in [-0.1, -0.05) is 6.58 Å². The molecule has 2 aliphatic rings. The Balaban J connectivity index is 1.48. The van der Waals surface area contributed by atoms with Crippen LogP contribution >= 0.6 is 11.3 Å². The van der Waals surface area contributed by atoms with Crippen molar-refractivity contribution in [1.29, 1.82) is 0 Å². The van der Waals surface area contributed by atoms with Crippen molar-refractivity contribution in [1.82, 2.24) is 34.5 Å². The predicted molar refractivity (Wildman–Crippen MR) is 169 cm³/mol. The first-order valence-corrected chi connectivity index (χ1v) is 15.8. The molecule has 2 aliphatic heterocycles. The van der Waals surface area contributed by atoms with Crippen LogP contribution in [-0.4, -0.2) is 66.7 Å². The summed E-state index contributed by atoms with van der Waals surface area (Å²) in [6.07, 6.45) is 2.28. The zero-order valence-electron chi connectivity index (χ0n) is 25.5. The minimum atomic E-state index is -1.06. The Kier molecular flexibility index (Phi) is 7.60. The molecule has 6 heterocycles. The third-order valence-corrected chi connectivity index (χ3v) is 9.07. The van der Waals surface area contributed by atoms with Crippen LogP contribution in [-0.2, 0) is 30.8 Å². The van der Waals surface area contributed by atoms with Crippen molar-refractivity contribution in [2.75, 3.05) is 20.1 Å². The number of hydrogen-bond acceptors (Lipinski definition) is 8. The van der Waals surface area contributed by atoms with Crippen molar-refractivity contribution >= 4 is 27.3 Å². The van der Waals surface area contributed by atoms with Gasteiger partial charge >= 0.3 is 0 Å². The summed E-state index contributed by atoms with van der Waals surface area (Å²) in [5, 5.41) is 7.38. The number of carbonyl (C=O) groups is 1. The predicted octanol–water partition coefficient (Wildman–Crippen LogP) is 6.16. The number of amides is 1. The van der Waals surface area contributed by atoms with Crippen LogP contribution in [0.1, 0.15) is 30.9 Å². The van der Waals surface area contributed by atoms with E-state index in [4.69, 9.17) is 24.8 Å². The molecule has 9 nitrogen and oxygen atoms in total. The van der Waals surface area contributed by atoms with E-state index < -0.39 is 23.4 Å². The first-order valence-electron chi connectivity index (χ1n) is 14.9. The summed E-state index contributed by atoms with van der Waals surface area (Å²) in [6.45, 7) is 8.84. The first kappa shape index (κ1) is 30.1. The van der Waals surface area contributed by atoms with Gasteiger partial charge in [0.1, 0.15) is 28.9 Å². The zero-order chi connectivity index (χ0) is 32.3. The molecule has 0 fully saturated rings. The summed E-state index contributed by atoms with van der Waals surface area (Å²) in [5.41, 5.74) is 4.21. The van der Waals surface area contributed by atoms with Gasteiger partial charge in [-0.2, -0.15) is 0 Å². The summed E-state index contributed by atoms with van der Waals surface area (Å²) < 4.78 is 52.5. The average molecular weight is 646 g/mol. The highest BCUT2D eigenvalue weighted by atomic mass is 32.1. The fourth-order valence-electron chi connectivity index (χ4n) is 6.06. The number of rotatable bonds is 6. The Morgan fingerprint density at radius 1 is 1.07 bits per heavy atom. The lowest BCUT2D eigenvalue weighted by Crippen LogP contribution is -2.38. The van der Waals surface area contributed by atoms with Gasteiger partial charge in [0, 0.05) is 71.3 Å². The number of carbonyl (C=O) groups excluding carboxylic acids is 1. The molecule has 46 heavy (non-hydrogen) atoms. The number of fused-ring (bicyclic) bond motifs is 3. The number of nitrogens with zero attached hydrogens (tertiary/aromatic N) is 7. The van der Waals surface area contributed by atoms with Crippen LogP contribution in [0.5, 0.6) is 5.75 Å². The monoisotopic (exact) mass is 645 g/mol. The summed E-state index contributed by atoms with van der Waals surface area (Å²) >= 11 is 1.39.